The molecule has 9 heteroatoms. The molecule has 0 unspecified atom stereocenters. The number of anilines is 1. The Bertz CT molecular complexity index is 439. The number of pyridine rings is 1. The molecule has 0 radical (unpaired) electrons. The van der Waals surface area contributed by atoms with Crippen molar-refractivity contribution in [2.75, 3.05) is 5.32 Å². The van der Waals surface area contributed by atoms with Crippen molar-refractivity contribution in [2.45, 2.75) is 19.1 Å². The zero-order valence-corrected chi connectivity index (χ0v) is 9.21. The van der Waals surface area contributed by atoms with E-state index in [0.29, 0.717) is 0 Å². The molecule has 94 valence electrons. The maximum absolute atomic E-state index is 12.3. The molecule has 1 aromatic rings. The fourth-order valence-corrected chi connectivity index (χ4v) is 1.16. The molecule has 1 N–H and O–H groups in total. The molecule has 0 fully saturated rings. The van der Waals surface area contributed by atoms with E-state index < -0.39 is 22.8 Å². The maximum Gasteiger partial charge on any atom is 0.408 e. The van der Waals surface area contributed by atoms with Crippen LogP contribution in [0.4, 0.5) is 24.5 Å². The first kappa shape index (κ1) is 13.5. The van der Waals surface area contributed by atoms with Gasteiger partial charge in [-0.05, 0) is 6.92 Å². The number of nitrogens with one attached hydrogen (secondary N) is 1. The highest BCUT2D eigenvalue weighted by Gasteiger charge is 2.37. The van der Waals surface area contributed by atoms with Crippen molar-refractivity contribution in [3.8, 4) is 0 Å². The van der Waals surface area contributed by atoms with Crippen LogP contribution in [0.25, 0.3) is 0 Å². The number of alkyl halides is 3. The van der Waals surface area contributed by atoms with Gasteiger partial charge >= 0.3 is 11.9 Å². The number of halogens is 4. The van der Waals surface area contributed by atoms with Crippen LogP contribution in [0, 0.1) is 10.1 Å². The minimum atomic E-state index is -4.51. The van der Waals surface area contributed by atoms with Gasteiger partial charge in [-0.15, -0.1) is 0 Å². The van der Waals surface area contributed by atoms with Gasteiger partial charge in [0.15, 0.2) is 0 Å². The van der Waals surface area contributed by atoms with Gasteiger partial charge in [0.1, 0.15) is 23.1 Å². The molecule has 0 aliphatic rings. The van der Waals surface area contributed by atoms with E-state index in [-0.39, 0.29) is 10.8 Å². The lowest BCUT2D eigenvalue weighted by molar-refractivity contribution is -0.384. The molecule has 0 bridgehead atoms. The van der Waals surface area contributed by atoms with E-state index in [1.54, 1.807) is 0 Å². The minimum Gasteiger partial charge on any atom is -0.368 e. The van der Waals surface area contributed by atoms with Crippen LogP contribution in [0.15, 0.2) is 12.3 Å². The Hall–Kier alpha value is -1.57. The predicted molar refractivity (Wildman–Crippen MR) is 55.0 cm³/mol. The lowest BCUT2D eigenvalue weighted by Gasteiger charge is -2.18. The van der Waals surface area contributed by atoms with Crippen LogP contribution in [0.1, 0.15) is 6.92 Å². The third kappa shape index (κ3) is 3.45. The average molecular weight is 270 g/mol. The molecule has 0 spiro atoms. The summed E-state index contributed by atoms with van der Waals surface area (Å²) in [7, 11) is 0. The quantitative estimate of drug-likeness (QED) is 0.520. The van der Waals surface area contributed by atoms with Gasteiger partial charge in [0.25, 0.3) is 0 Å². The topological polar surface area (TPSA) is 68.1 Å². The first-order valence-corrected chi connectivity index (χ1v) is 4.73. The number of nitrogens with zero attached hydrogens (tertiary/aromatic N) is 2. The molecule has 0 amide bonds. The minimum absolute atomic E-state index is 0.132. The Morgan fingerprint density at radius 2 is 2.18 bits per heavy atom. The Morgan fingerprint density at radius 3 is 2.65 bits per heavy atom. The third-order valence-corrected chi connectivity index (χ3v) is 2.12. The van der Waals surface area contributed by atoms with Crippen molar-refractivity contribution in [3.05, 3.63) is 27.5 Å². The second kappa shape index (κ2) is 4.74. The number of hydrogen-bond acceptors (Lipinski definition) is 4. The smallest absolute Gasteiger partial charge is 0.368 e. The second-order valence-electron chi connectivity index (χ2n) is 3.19. The lowest BCUT2D eigenvalue weighted by Crippen LogP contribution is -2.33. The largest absolute Gasteiger partial charge is 0.408 e. The van der Waals surface area contributed by atoms with Gasteiger partial charge in [-0.3, -0.25) is 10.1 Å². The average Bonchev–Trinajstić information content (AvgIpc) is 2.15. The summed E-state index contributed by atoms with van der Waals surface area (Å²) in [4.78, 5) is 13.2. The fraction of sp³-hybridized carbons (Fsp3) is 0.375. The molecule has 5 nitrogen and oxygen atoms in total. The summed E-state index contributed by atoms with van der Waals surface area (Å²) < 4.78 is 36.9. The highest BCUT2D eigenvalue weighted by Crippen LogP contribution is 2.29. The van der Waals surface area contributed by atoms with E-state index in [2.05, 4.69) is 4.98 Å². The van der Waals surface area contributed by atoms with Gasteiger partial charge < -0.3 is 5.32 Å². The van der Waals surface area contributed by atoms with Crippen LogP contribution in [0.5, 0.6) is 0 Å². The van der Waals surface area contributed by atoms with Crippen LogP contribution in [0.3, 0.4) is 0 Å². The maximum atomic E-state index is 12.3. The molecule has 0 aromatic carbocycles. The normalized spacial score (nSPS) is 13.2. The first-order valence-electron chi connectivity index (χ1n) is 4.35. The number of nitro groups is 1. The standard InChI is InChI=1S/C8H7ClF3N3O2/c1-4(8(10,11)12)14-5-2-7(9)13-3-6(5)15(16)17/h2-4H,1H3,(H,13,14)/t4-/m1/s1. The first-order chi connectivity index (χ1) is 7.71. The summed E-state index contributed by atoms with van der Waals surface area (Å²) >= 11 is 5.46. The van der Waals surface area contributed by atoms with Crippen LogP contribution in [-0.4, -0.2) is 22.1 Å². The summed E-state index contributed by atoms with van der Waals surface area (Å²) in [6.45, 7) is 0.845. The highest BCUT2D eigenvalue weighted by molar-refractivity contribution is 6.29. The molecule has 0 saturated carbocycles. The van der Waals surface area contributed by atoms with Crippen molar-refractivity contribution < 1.29 is 18.1 Å². The highest BCUT2D eigenvalue weighted by atomic mass is 35.5. The van der Waals surface area contributed by atoms with Crippen molar-refractivity contribution in [1.29, 1.82) is 0 Å². The van der Waals surface area contributed by atoms with Crippen LogP contribution < -0.4 is 5.32 Å². The molecule has 1 heterocycles. The van der Waals surface area contributed by atoms with E-state index in [1.807, 2.05) is 5.32 Å². The van der Waals surface area contributed by atoms with E-state index in [0.717, 1.165) is 19.2 Å². The van der Waals surface area contributed by atoms with Gasteiger partial charge in [0, 0.05) is 6.07 Å². The monoisotopic (exact) mass is 269 g/mol. The molecule has 1 atom stereocenters. The predicted octanol–water partition coefficient (Wildman–Crippen LogP) is 3.01. The third-order valence-electron chi connectivity index (χ3n) is 1.91. The molecule has 0 aliphatic heterocycles. The SMILES string of the molecule is C[C@@H](Nc1cc(Cl)ncc1[N+](=O)[O-])C(F)(F)F. The number of aromatic nitrogens is 1. The van der Waals surface area contributed by atoms with E-state index in [4.69, 9.17) is 11.6 Å². The van der Waals surface area contributed by atoms with Gasteiger partial charge in [-0.2, -0.15) is 13.2 Å². The van der Waals surface area contributed by atoms with Crippen LogP contribution in [0.2, 0.25) is 5.15 Å². The van der Waals surface area contributed by atoms with Crippen molar-refractivity contribution >= 4 is 23.0 Å². The Balaban J connectivity index is 3.04. The summed E-state index contributed by atoms with van der Waals surface area (Å²) in [5, 5.41) is 12.4. The second-order valence-corrected chi connectivity index (χ2v) is 3.58. The Morgan fingerprint density at radius 1 is 1.59 bits per heavy atom. The van der Waals surface area contributed by atoms with Crippen molar-refractivity contribution in [2.24, 2.45) is 0 Å². The van der Waals surface area contributed by atoms with E-state index in [1.165, 1.54) is 0 Å². The summed E-state index contributed by atoms with van der Waals surface area (Å²) in [5.74, 6) is 0. The zero-order chi connectivity index (χ0) is 13.2. The molecule has 0 aliphatic carbocycles. The summed E-state index contributed by atoms with van der Waals surface area (Å²) in [6, 6.07) is -0.957. The molecule has 0 saturated heterocycles. The van der Waals surface area contributed by atoms with Crippen LogP contribution >= 0.6 is 11.6 Å². The van der Waals surface area contributed by atoms with Gasteiger partial charge in [0.2, 0.25) is 0 Å². The van der Waals surface area contributed by atoms with Crippen molar-refractivity contribution in [1.82, 2.24) is 4.98 Å². The lowest BCUT2D eigenvalue weighted by atomic mass is 10.2. The van der Waals surface area contributed by atoms with Gasteiger partial charge in [-0.1, -0.05) is 11.6 Å². The Kier molecular flexibility index (Phi) is 3.76. The number of rotatable bonds is 3. The molecule has 1 rings (SSSR count). The van der Waals surface area contributed by atoms with Gasteiger partial charge in [0.05, 0.1) is 4.92 Å². The van der Waals surface area contributed by atoms with Gasteiger partial charge in [-0.25, -0.2) is 4.98 Å². The van der Waals surface area contributed by atoms with E-state index in [9.17, 15) is 23.3 Å². The van der Waals surface area contributed by atoms with Crippen LogP contribution in [-0.2, 0) is 0 Å². The fourth-order valence-electron chi connectivity index (χ4n) is 0.999. The summed E-state index contributed by atoms with van der Waals surface area (Å²) in [6.07, 6.45) is -3.71. The number of hydrogen-bond donors (Lipinski definition) is 1. The Labute approximate surface area is 98.7 Å². The molecular weight excluding hydrogens is 263 g/mol. The van der Waals surface area contributed by atoms with E-state index >= 15 is 0 Å². The molecular formula is C8H7ClF3N3O2. The summed E-state index contributed by atoms with van der Waals surface area (Å²) in [5.41, 5.74) is -0.884. The molecule has 1 aromatic heterocycles. The zero-order valence-electron chi connectivity index (χ0n) is 8.45. The van der Waals surface area contributed by atoms with Crippen molar-refractivity contribution in [3.63, 3.8) is 0 Å². The molecule has 17 heavy (non-hydrogen) atoms.